The second kappa shape index (κ2) is 6.45. The fraction of sp³-hybridized carbons (Fsp3) is 0.286. The summed E-state index contributed by atoms with van der Waals surface area (Å²) in [7, 11) is 2.94. The van der Waals surface area contributed by atoms with Crippen molar-refractivity contribution in [2.45, 2.75) is 13.0 Å². The van der Waals surface area contributed by atoms with Crippen LogP contribution < -0.4 is 15.8 Å². The van der Waals surface area contributed by atoms with E-state index in [1.807, 2.05) is 31.2 Å². The number of nitrogen functional groups attached to an aromatic ring is 1. The number of ether oxygens (including phenoxy) is 2. The van der Waals surface area contributed by atoms with Crippen LogP contribution in [-0.4, -0.2) is 24.6 Å². The number of rotatable bonds is 5. The smallest absolute Gasteiger partial charge is 0.344 e. The number of methoxy groups -OCH3 is 2. The zero-order valence-electron chi connectivity index (χ0n) is 12.0. The number of carbonyl (C=O) groups is 1. The van der Waals surface area contributed by atoms with Gasteiger partial charge in [0, 0.05) is 6.04 Å². The van der Waals surface area contributed by atoms with Crippen LogP contribution in [0, 0.1) is 0 Å². The maximum atomic E-state index is 11.7. The van der Waals surface area contributed by atoms with Crippen LogP contribution in [0.3, 0.4) is 0 Å². The Morgan fingerprint density at radius 3 is 2.57 bits per heavy atom. The predicted octanol–water partition coefficient (Wildman–Crippen LogP) is 2.69. The average molecular weight is 307 g/mol. The van der Waals surface area contributed by atoms with Crippen LogP contribution in [0.25, 0.3) is 0 Å². The van der Waals surface area contributed by atoms with Crippen molar-refractivity contribution in [2.24, 2.45) is 0 Å². The van der Waals surface area contributed by atoms with Crippen LogP contribution in [0.5, 0.6) is 5.75 Å². The van der Waals surface area contributed by atoms with Gasteiger partial charge >= 0.3 is 5.97 Å². The predicted molar refractivity (Wildman–Crippen MR) is 82.9 cm³/mol. The molecule has 21 heavy (non-hydrogen) atoms. The third-order valence-electron chi connectivity index (χ3n) is 3.07. The number of nitrogens with two attached hydrogens (primary N) is 1. The number of carbonyl (C=O) groups excluding carboxylic acids is 1. The number of esters is 1. The fourth-order valence-electron chi connectivity index (χ4n) is 1.87. The molecule has 1 heterocycles. The van der Waals surface area contributed by atoms with Gasteiger partial charge in [0.15, 0.2) is 5.82 Å². The van der Waals surface area contributed by atoms with Gasteiger partial charge in [0.1, 0.15) is 16.3 Å². The Morgan fingerprint density at radius 2 is 2.00 bits per heavy atom. The zero-order valence-corrected chi connectivity index (χ0v) is 12.9. The highest BCUT2D eigenvalue weighted by atomic mass is 32.1. The lowest BCUT2D eigenvalue weighted by atomic mass is 10.1. The molecule has 0 fully saturated rings. The van der Waals surface area contributed by atoms with Gasteiger partial charge in [-0.05, 0) is 36.2 Å². The second-order valence-electron chi connectivity index (χ2n) is 4.40. The van der Waals surface area contributed by atoms with Gasteiger partial charge in [0.25, 0.3) is 0 Å². The molecule has 0 saturated carbocycles. The molecule has 1 aromatic heterocycles. The minimum Gasteiger partial charge on any atom is -0.497 e. The van der Waals surface area contributed by atoms with E-state index in [0.717, 1.165) is 22.8 Å². The van der Waals surface area contributed by atoms with Gasteiger partial charge < -0.3 is 20.5 Å². The molecule has 1 aromatic carbocycles. The monoisotopic (exact) mass is 307 g/mol. The Hall–Kier alpha value is -2.28. The number of nitrogens with one attached hydrogen (secondary N) is 1. The molecular formula is C14H17N3O3S. The quantitative estimate of drug-likeness (QED) is 0.826. The topological polar surface area (TPSA) is 86.5 Å². The van der Waals surface area contributed by atoms with E-state index in [1.165, 1.54) is 7.11 Å². The first-order valence-electron chi connectivity index (χ1n) is 6.30. The molecule has 0 bridgehead atoms. The molecule has 1 unspecified atom stereocenters. The molecule has 7 heteroatoms. The standard InChI is InChI=1S/C14H17N3O3S/c1-8(9-4-6-10(19-2)7-5-9)16-13-11(14(18)20-3)12(15)17-21-13/h4-8,16H,1-3H3,(H2,15,17). The van der Waals surface area contributed by atoms with Crippen molar-refractivity contribution in [1.82, 2.24) is 4.37 Å². The van der Waals surface area contributed by atoms with Crippen molar-refractivity contribution in [3.8, 4) is 5.75 Å². The number of anilines is 2. The van der Waals surface area contributed by atoms with Gasteiger partial charge in [0.2, 0.25) is 0 Å². The second-order valence-corrected chi connectivity index (χ2v) is 5.18. The summed E-state index contributed by atoms with van der Waals surface area (Å²) in [5.74, 6) is 0.477. The van der Waals surface area contributed by atoms with Crippen LogP contribution in [0.4, 0.5) is 10.8 Å². The van der Waals surface area contributed by atoms with E-state index < -0.39 is 5.97 Å². The molecule has 2 aromatic rings. The van der Waals surface area contributed by atoms with Gasteiger partial charge in [0.05, 0.1) is 14.2 Å². The van der Waals surface area contributed by atoms with Gasteiger partial charge in [-0.1, -0.05) is 12.1 Å². The Bertz CT molecular complexity index is 625. The summed E-state index contributed by atoms with van der Waals surface area (Å²) in [6.45, 7) is 1.98. The zero-order chi connectivity index (χ0) is 15.4. The summed E-state index contributed by atoms with van der Waals surface area (Å²) in [5.41, 5.74) is 7.05. The first-order chi connectivity index (χ1) is 10.1. The minimum absolute atomic E-state index is 0.0147. The number of hydrogen-bond acceptors (Lipinski definition) is 7. The van der Waals surface area contributed by atoms with Crippen LogP contribution in [0.15, 0.2) is 24.3 Å². The highest BCUT2D eigenvalue weighted by Crippen LogP contribution is 2.31. The van der Waals surface area contributed by atoms with Gasteiger partial charge in [-0.15, -0.1) is 0 Å². The molecule has 0 saturated heterocycles. The summed E-state index contributed by atoms with van der Waals surface area (Å²) in [5, 5.41) is 3.83. The lowest BCUT2D eigenvalue weighted by Crippen LogP contribution is -2.11. The van der Waals surface area contributed by atoms with E-state index in [0.29, 0.717) is 5.00 Å². The van der Waals surface area contributed by atoms with E-state index in [1.54, 1.807) is 7.11 Å². The van der Waals surface area contributed by atoms with Crippen LogP contribution >= 0.6 is 11.5 Å². The Labute approximate surface area is 127 Å². The summed E-state index contributed by atoms with van der Waals surface area (Å²) >= 11 is 1.14. The SMILES string of the molecule is COC(=O)c1c(N)nsc1NC(C)c1ccc(OC)cc1. The molecule has 0 radical (unpaired) electrons. The molecule has 6 nitrogen and oxygen atoms in total. The molecule has 1 atom stereocenters. The maximum Gasteiger partial charge on any atom is 0.344 e. The van der Waals surface area contributed by atoms with Crippen molar-refractivity contribution in [3.63, 3.8) is 0 Å². The Morgan fingerprint density at radius 1 is 1.33 bits per heavy atom. The number of benzene rings is 1. The van der Waals surface area contributed by atoms with Crippen molar-refractivity contribution in [3.05, 3.63) is 35.4 Å². The molecular weight excluding hydrogens is 290 g/mol. The summed E-state index contributed by atoms with van der Waals surface area (Å²) in [6, 6.07) is 7.67. The summed E-state index contributed by atoms with van der Waals surface area (Å²) < 4.78 is 13.9. The first kappa shape index (κ1) is 15.1. The van der Waals surface area contributed by atoms with E-state index in [9.17, 15) is 4.79 Å². The van der Waals surface area contributed by atoms with E-state index in [-0.39, 0.29) is 17.4 Å². The first-order valence-corrected chi connectivity index (χ1v) is 7.08. The number of aromatic nitrogens is 1. The third kappa shape index (κ3) is 3.25. The van der Waals surface area contributed by atoms with Gasteiger partial charge in [-0.2, -0.15) is 4.37 Å². The molecule has 0 spiro atoms. The molecule has 0 aliphatic rings. The highest BCUT2D eigenvalue weighted by Gasteiger charge is 2.21. The lowest BCUT2D eigenvalue weighted by Gasteiger charge is -2.15. The number of nitrogens with zero attached hydrogens (tertiary/aromatic N) is 1. The highest BCUT2D eigenvalue weighted by molar-refractivity contribution is 7.11. The molecule has 0 aliphatic carbocycles. The number of hydrogen-bond donors (Lipinski definition) is 2. The lowest BCUT2D eigenvalue weighted by molar-refractivity contribution is 0.0603. The van der Waals surface area contributed by atoms with Crippen molar-refractivity contribution in [1.29, 1.82) is 0 Å². The van der Waals surface area contributed by atoms with Crippen molar-refractivity contribution in [2.75, 3.05) is 25.3 Å². The van der Waals surface area contributed by atoms with Crippen molar-refractivity contribution >= 4 is 28.3 Å². The van der Waals surface area contributed by atoms with E-state index in [4.69, 9.17) is 15.2 Å². The van der Waals surface area contributed by atoms with Gasteiger partial charge in [-0.3, -0.25) is 0 Å². The molecule has 2 rings (SSSR count). The summed E-state index contributed by atoms with van der Waals surface area (Å²) in [6.07, 6.45) is 0. The molecule has 112 valence electrons. The largest absolute Gasteiger partial charge is 0.497 e. The van der Waals surface area contributed by atoms with Crippen molar-refractivity contribution < 1.29 is 14.3 Å². The fourth-order valence-corrected chi connectivity index (χ4v) is 2.66. The van der Waals surface area contributed by atoms with Crippen LogP contribution in [0.1, 0.15) is 28.9 Å². The molecule has 0 amide bonds. The van der Waals surface area contributed by atoms with Crippen LogP contribution in [-0.2, 0) is 4.74 Å². The minimum atomic E-state index is -0.495. The Balaban J connectivity index is 2.19. The third-order valence-corrected chi connectivity index (χ3v) is 3.86. The normalized spacial score (nSPS) is 11.8. The van der Waals surface area contributed by atoms with E-state index >= 15 is 0 Å². The van der Waals surface area contributed by atoms with Crippen LogP contribution in [0.2, 0.25) is 0 Å². The van der Waals surface area contributed by atoms with Gasteiger partial charge in [-0.25, -0.2) is 4.79 Å². The molecule has 3 N–H and O–H groups in total. The Kier molecular flexibility index (Phi) is 4.64. The average Bonchev–Trinajstić information content (AvgIpc) is 2.87. The van der Waals surface area contributed by atoms with E-state index in [2.05, 4.69) is 9.69 Å². The molecule has 0 aliphatic heterocycles. The maximum absolute atomic E-state index is 11.7. The summed E-state index contributed by atoms with van der Waals surface area (Å²) in [4.78, 5) is 11.7.